The molecule has 3 rings (SSSR count). The zero-order chi connectivity index (χ0) is 10.4. The molecule has 0 N–H and O–H groups in total. The van der Waals surface area contributed by atoms with E-state index in [-0.39, 0.29) is 0 Å². The van der Waals surface area contributed by atoms with Crippen LogP contribution in [0.1, 0.15) is 30.4 Å². The third-order valence-corrected chi connectivity index (χ3v) is 3.85. The lowest BCUT2D eigenvalue weighted by molar-refractivity contribution is 0.408. The van der Waals surface area contributed by atoms with Crippen molar-refractivity contribution >= 4 is 6.08 Å². The van der Waals surface area contributed by atoms with Gasteiger partial charge < -0.3 is 4.74 Å². The molecule has 0 spiro atoms. The van der Waals surface area contributed by atoms with E-state index in [1.807, 2.05) is 0 Å². The maximum absolute atomic E-state index is 5.47. The largest absolute Gasteiger partial charge is 0.496 e. The molecule has 1 aromatic rings. The molecule has 0 heterocycles. The smallest absolute Gasteiger partial charge is 0.122 e. The fourth-order valence-corrected chi connectivity index (χ4v) is 3.05. The van der Waals surface area contributed by atoms with Gasteiger partial charge in [-0.15, -0.1) is 0 Å². The van der Waals surface area contributed by atoms with Gasteiger partial charge in [0.25, 0.3) is 0 Å². The summed E-state index contributed by atoms with van der Waals surface area (Å²) in [6.07, 6.45) is 5.91. The molecule has 2 aliphatic rings. The van der Waals surface area contributed by atoms with E-state index in [1.165, 1.54) is 17.5 Å². The van der Waals surface area contributed by atoms with Gasteiger partial charge in [-0.3, -0.25) is 0 Å². The average Bonchev–Trinajstić information content (AvgIpc) is 3.01. The number of hydrogen-bond acceptors (Lipinski definition) is 1. The highest BCUT2D eigenvalue weighted by Gasteiger charge is 2.51. The van der Waals surface area contributed by atoms with E-state index in [4.69, 9.17) is 4.74 Å². The SMILES string of the molecule is CCC1C2C=Cc3cccc(OC)c3C21. The highest BCUT2D eigenvalue weighted by atomic mass is 16.5. The summed E-state index contributed by atoms with van der Waals surface area (Å²) in [6, 6.07) is 6.35. The molecule has 1 heteroatoms. The van der Waals surface area contributed by atoms with E-state index in [1.54, 1.807) is 7.11 Å². The third kappa shape index (κ3) is 1.16. The van der Waals surface area contributed by atoms with Gasteiger partial charge in [-0.2, -0.15) is 0 Å². The lowest BCUT2D eigenvalue weighted by Gasteiger charge is -2.13. The zero-order valence-electron chi connectivity index (χ0n) is 9.23. The number of allylic oxidation sites excluding steroid dienone is 1. The number of fused-ring (bicyclic) bond motifs is 3. The van der Waals surface area contributed by atoms with Gasteiger partial charge in [0.1, 0.15) is 5.75 Å². The Morgan fingerprint density at radius 1 is 1.33 bits per heavy atom. The molecular formula is C14H16O. The first-order valence-corrected chi connectivity index (χ1v) is 5.72. The van der Waals surface area contributed by atoms with Crippen molar-refractivity contribution in [1.29, 1.82) is 0 Å². The summed E-state index contributed by atoms with van der Waals surface area (Å²) in [5, 5.41) is 0. The minimum atomic E-state index is 0.728. The van der Waals surface area contributed by atoms with Crippen LogP contribution in [0.3, 0.4) is 0 Å². The fourth-order valence-electron chi connectivity index (χ4n) is 3.05. The van der Waals surface area contributed by atoms with E-state index in [0.29, 0.717) is 0 Å². The number of methoxy groups -OCH3 is 1. The molecule has 78 valence electrons. The molecule has 0 aliphatic heterocycles. The summed E-state index contributed by atoms with van der Waals surface area (Å²) in [6.45, 7) is 2.28. The van der Waals surface area contributed by atoms with E-state index in [2.05, 4.69) is 37.3 Å². The van der Waals surface area contributed by atoms with Crippen molar-refractivity contribution < 1.29 is 4.74 Å². The fraction of sp³-hybridized carbons (Fsp3) is 0.429. The van der Waals surface area contributed by atoms with Crippen LogP contribution in [0.15, 0.2) is 24.3 Å². The van der Waals surface area contributed by atoms with E-state index < -0.39 is 0 Å². The van der Waals surface area contributed by atoms with Gasteiger partial charge in [0.15, 0.2) is 0 Å². The molecular weight excluding hydrogens is 184 g/mol. The Balaban J connectivity index is 2.10. The van der Waals surface area contributed by atoms with Crippen LogP contribution in [0, 0.1) is 11.8 Å². The predicted molar refractivity (Wildman–Crippen MR) is 62.0 cm³/mol. The Morgan fingerprint density at radius 2 is 2.20 bits per heavy atom. The van der Waals surface area contributed by atoms with Crippen LogP contribution in [0.25, 0.3) is 6.08 Å². The van der Waals surface area contributed by atoms with Crippen molar-refractivity contribution in [2.45, 2.75) is 19.3 Å². The van der Waals surface area contributed by atoms with Crippen molar-refractivity contribution in [1.82, 2.24) is 0 Å². The summed E-state index contributed by atoms with van der Waals surface area (Å²) in [5.41, 5.74) is 2.80. The second kappa shape index (κ2) is 3.13. The van der Waals surface area contributed by atoms with Gasteiger partial charge in [0.05, 0.1) is 7.11 Å². The molecule has 1 fully saturated rings. The molecule has 3 unspecified atom stereocenters. The highest BCUT2D eigenvalue weighted by Crippen LogP contribution is 2.61. The second-order valence-electron chi connectivity index (χ2n) is 4.50. The van der Waals surface area contributed by atoms with E-state index >= 15 is 0 Å². The van der Waals surface area contributed by atoms with E-state index in [0.717, 1.165) is 23.5 Å². The van der Waals surface area contributed by atoms with Gasteiger partial charge in [0.2, 0.25) is 0 Å². The van der Waals surface area contributed by atoms with Crippen molar-refractivity contribution in [3.05, 3.63) is 35.4 Å². The van der Waals surface area contributed by atoms with Crippen LogP contribution >= 0.6 is 0 Å². The van der Waals surface area contributed by atoms with Gasteiger partial charge in [-0.25, -0.2) is 0 Å². The molecule has 2 aliphatic carbocycles. The van der Waals surface area contributed by atoms with Crippen molar-refractivity contribution in [2.24, 2.45) is 11.8 Å². The predicted octanol–water partition coefficient (Wildman–Crippen LogP) is 3.46. The molecule has 0 amide bonds. The summed E-state index contributed by atoms with van der Waals surface area (Å²) < 4.78 is 5.47. The first-order chi connectivity index (χ1) is 7.36. The Kier molecular flexibility index (Phi) is 1.88. The normalized spacial score (nSPS) is 30.7. The van der Waals surface area contributed by atoms with Crippen LogP contribution in [-0.2, 0) is 0 Å². The van der Waals surface area contributed by atoms with Gasteiger partial charge in [-0.05, 0) is 29.4 Å². The monoisotopic (exact) mass is 200 g/mol. The Hall–Kier alpha value is -1.24. The summed E-state index contributed by atoms with van der Waals surface area (Å²) in [7, 11) is 1.77. The molecule has 0 radical (unpaired) electrons. The molecule has 15 heavy (non-hydrogen) atoms. The molecule has 0 bridgehead atoms. The number of hydrogen-bond donors (Lipinski definition) is 0. The molecule has 0 aromatic heterocycles. The number of benzene rings is 1. The van der Waals surface area contributed by atoms with Crippen LogP contribution in [0.4, 0.5) is 0 Å². The lowest BCUT2D eigenvalue weighted by Crippen LogP contribution is -1.97. The molecule has 0 saturated heterocycles. The van der Waals surface area contributed by atoms with E-state index in [9.17, 15) is 0 Å². The lowest BCUT2D eigenvalue weighted by atomic mass is 9.96. The van der Waals surface area contributed by atoms with Crippen LogP contribution in [0.2, 0.25) is 0 Å². The quantitative estimate of drug-likeness (QED) is 0.710. The zero-order valence-corrected chi connectivity index (χ0v) is 9.23. The summed E-state index contributed by atoms with van der Waals surface area (Å²) >= 11 is 0. The van der Waals surface area contributed by atoms with Crippen LogP contribution in [-0.4, -0.2) is 7.11 Å². The standard InChI is InChI=1S/C14H16O/c1-3-10-11-8-7-9-5-4-6-12(15-2)13(9)14(10)11/h4-8,10-11,14H,3H2,1-2H3. The maximum atomic E-state index is 5.47. The van der Waals surface area contributed by atoms with Gasteiger partial charge in [0, 0.05) is 5.56 Å². The first-order valence-electron chi connectivity index (χ1n) is 5.72. The third-order valence-electron chi connectivity index (χ3n) is 3.85. The number of rotatable bonds is 2. The maximum Gasteiger partial charge on any atom is 0.122 e. The van der Waals surface area contributed by atoms with Crippen molar-refractivity contribution in [2.75, 3.05) is 7.11 Å². The highest BCUT2D eigenvalue weighted by molar-refractivity contribution is 5.65. The van der Waals surface area contributed by atoms with Gasteiger partial charge in [-0.1, -0.05) is 37.6 Å². The Labute approximate surface area is 90.8 Å². The Morgan fingerprint density at radius 3 is 2.93 bits per heavy atom. The molecule has 1 saturated carbocycles. The summed E-state index contributed by atoms with van der Waals surface area (Å²) in [5.74, 6) is 3.42. The van der Waals surface area contributed by atoms with Gasteiger partial charge >= 0.3 is 0 Å². The topological polar surface area (TPSA) is 9.23 Å². The summed E-state index contributed by atoms with van der Waals surface area (Å²) in [4.78, 5) is 0. The van der Waals surface area contributed by atoms with Crippen molar-refractivity contribution in [3.8, 4) is 5.75 Å². The second-order valence-corrected chi connectivity index (χ2v) is 4.50. The molecule has 1 nitrogen and oxygen atoms in total. The average molecular weight is 200 g/mol. The Bertz CT molecular complexity index is 419. The van der Waals surface area contributed by atoms with Crippen LogP contribution < -0.4 is 4.74 Å². The first kappa shape index (κ1) is 9.02. The molecule has 1 aromatic carbocycles. The van der Waals surface area contributed by atoms with Crippen LogP contribution in [0.5, 0.6) is 5.75 Å². The number of ether oxygens (including phenoxy) is 1. The minimum absolute atomic E-state index is 0.728. The van der Waals surface area contributed by atoms with Crippen molar-refractivity contribution in [3.63, 3.8) is 0 Å². The minimum Gasteiger partial charge on any atom is -0.496 e. The molecule has 3 atom stereocenters.